The Balaban J connectivity index is 2.09. The van der Waals surface area contributed by atoms with Crippen molar-refractivity contribution in [3.8, 4) is 0 Å². The minimum absolute atomic E-state index is 0.293. The van der Waals surface area contributed by atoms with Gasteiger partial charge in [0.05, 0.1) is 27.9 Å². The van der Waals surface area contributed by atoms with Crippen LogP contribution < -0.4 is 0 Å². The van der Waals surface area contributed by atoms with Gasteiger partial charge in [-0.1, -0.05) is 12.1 Å². The van der Waals surface area contributed by atoms with Crippen molar-refractivity contribution in [3.05, 3.63) is 29.6 Å². The van der Waals surface area contributed by atoms with E-state index in [1.54, 1.807) is 0 Å². The van der Waals surface area contributed by atoms with Crippen molar-refractivity contribution in [2.75, 3.05) is 5.75 Å². The second-order valence-corrected chi connectivity index (χ2v) is 8.01. The van der Waals surface area contributed by atoms with Crippen LogP contribution in [0.3, 0.4) is 0 Å². The summed E-state index contributed by atoms with van der Waals surface area (Å²) >= 11 is 5.98. The first-order valence-corrected chi connectivity index (χ1v) is 9.00. The van der Waals surface area contributed by atoms with Gasteiger partial charge in [-0.15, -0.1) is 11.6 Å². The van der Waals surface area contributed by atoms with Gasteiger partial charge in [0.15, 0.2) is 9.84 Å². The van der Waals surface area contributed by atoms with Crippen molar-refractivity contribution in [1.29, 1.82) is 0 Å². The van der Waals surface area contributed by atoms with Gasteiger partial charge in [-0.05, 0) is 31.4 Å². The van der Waals surface area contributed by atoms with Crippen LogP contribution in [-0.2, 0) is 22.3 Å². The van der Waals surface area contributed by atoms with Crippen molar-refractivity contribution < 1.29 is 8.42 Å². The SMILES string of the molecule is Cc1cccc2c1nc(CCl)n2CC1CCCS1(=O)=O. The van der Waals surface area contributed by atoms with Crippen LogP contribution in [0.4, 0.5) is 0 Å². The Labute approximate surface area is 123 Å². The number of para-hydroxylation sites is 1. The number of halogens is 1. The summed E-state index contributed by atoms with van der Waals surface area (Å²) in [7, 11) is -2.96. The van der Waals surface area contributed by atoms with Crippen LogP contribution in [0.25, 0.3) is 11.0 Å². The minimum atomic E-state index is -2.96. The standard InChI is InChI=1S/C14H17ClN2O2S/c1-10-4-2-6-12-14(10)16-13(8-15)17(12)9-11-5-3-7-20(11,18)19/h2,4,6,11H,3,5,7-9H2,1H3. The van der Waals surface area contributed by atoms with E-state index in [-0.39, 0.29) is 5.25 Å². The quantitative estimate of drug-likeness (QED) is 0.819. The lowest BCUT2D eigenvalue weighted by Gasteiger charge is -2.13. The third kappa shape index (κ3) is 2.23. The second-order valence-electron chi connectivity index (χ2n) is 5.35. The van der Waals surface area contributed by atoms with E-state index in [0.29, 0.717) is 18.2 Å². The highest BCUT2D eigenvalue weighted by Crippen LogP contribution is 2.26. The molecule has 108 valence electrons. The number of hydrogen-bond acceptors (Lipinski definition) is 3. The summed E-state index contributed by atoms with van der Waals surface area (Å²) in [5.41, 5.74) is 2.98. The fraction of sp³-hybridized carbons (Fsp3) is 0.500. The molecule has 4 nitrogen and oxygen atoms in total. The third-order valence-corrected chi connectivity index (χ3v) is 6.53. The lowest BCUT2D eigenvalue weighted by atomic mass is 10.2. The van der Waals surface area contributed by atoms with Gasteiger partial charge in [0.1, 0.15) is 5.82 Å². The Hall–Kier alpha value is -1.07. The molecule has 0 radical (unpaired) electrons. The molecule has 6 heteroatoms. The van der Waals surface area contributed by atoms with E-state index in [9.17, 15) is 8.42 Å². The van der Waals surface area contributed by atoms with Gasteiger partial charge in [0.25, 0.3) is 0 Å². The molecule has 20 heavy (non-hydrogen) atoms. The van der Waals surface area contributed by atoms with Crippen LogP contribution in [0.1, 0.15) is 24.2 Å². The fourth-order valence-electron chi connectivity index (χ4n) is 2.91. The maximum absolute atomic E-state index is 12.0. The predicted molar refractivity (Wildman–Crippen MR) is 80.8 cm³/mol. The molecule has 0 N–H and O–H groups in total. The first-order chi connectivity index (χ1) is 9.53. The monoisotopic (exact) mass is 312 g/mol. The van der Waals surface area contributed by atoms with Crippen LogP contribution >= 0.6 is 11.6 Å². The van der Waals surface area contributed by atoms with Gasteiger partial charge in [-0.25, -0.2) is 13.4 Å². The predicted octanol–water partition coefficient (Wildman–Crippen LogP) is 2.66. The molecule has 1 atom stereocenters. The Kier molecular flexibility index (Phi) is 3.50. The Morgan fingerprint density at radius 3 is 2.90 bits per heavy atom. The lowest BCUT2D eigenvalue weighted by Crippen LogP contribution is -2.23. The number of rotatable bonds is 3. The molecule has 0 bridgehead atoms. The first-order valence-electron chi connectivity index (χ1n) is 6.75. The molecular formula is C14H17ClN2O2S. The zero-order chi connectivity index (χ0) is 14.3. The Bertz CT molecular complexity index is 752. The maximum atomic E-state index is 12.0. The minimum Gasteiger partial charge on any atom is -0.326 e. The zero-order valence-electron chi connectivity index (χ0n) is 11.3. The van der Waals surface area contributed by atoms with E-state index in [1.165, 1.54) is 0 Å². The molecule has 1 aromatic heterocycles. The molecule has 3 rings (SSSR count). The van der Waals surface area contributed by atoms with Gasteiger partial charge in [0.2, 0.25) is 0 Å². The number of hydrogen-bond donors (Lipinski definition) is 0. The number of benzene rings is 1. The van der Waals surface area contributed by atoms with E-state index >= 15 is 0 Å². The molecule has 1 fully saturated rings. The van der Waals surface area contributed by atoms with Crippen LogP contribution in [0, 0.1) is 6.92 Å². The zero-order valence-corrected chi connectivity index (χ0v) is 12.9. The average Bonchev–Trinajstić information content (AvgIpc) is 2.92. The van der Waals surface area contributed by atoms with Crippen molar-refractivity contribution >= 4 is 32.5 Å². The van der Waals surface area contributed by atoms with Crippen molar-refractivity contribution in [2.45, 2.75) is 37.4 Å². The number of nitrogens with zero attached hydrogens (tertiary/aromatic N) is 2. The highest BCUT2D eigenvalue weighted by atomic mass is 35.5. The Morgan fingerprint density at radius 2 is 2.25 bits per heavy atom. The molecule has 0 spiro atoms. The van der Waals surface area contributed by atoms with E-state index in [2.05, 4.69) is 4.98 Å². The van der Waals surface area contributed by atoms with E-state index in [4.69, 9.17) is 11.6 Å². The van der Waals surface area contributed by atoms with Gasteiger partial charge in [0, 0.05) is 6.54 Å². The van der Waals surface area contributed by atoms with Crippen molar-refractivity contribution in [1.82, 2.24) is 9.55 Å². The molecule has 2 heterocycles. The van der Waals surface area contributed by atoms with Gasteiger partial charge in [-0.2, -0.15) is 0 Å². The number of fused-ring (bicyclic) bond motifs is 1. The van der Waals surface area contributed by atoms with Crippen LogP contribution in [0.2, 0.25) is 0 Å². The molecular weight excluding hydrogens is 296 g/mol. The fourth-order valence-corrected chi connectivity index (χ4v) is 4.92. The number of sulfone groups is 1. The van der Waals surface area contributed by atoms with Gasteiger partial charge >= 0.3 is 0 Å². The van der Waals surface area contributed by atoms with Crippen molar-refractivity contribution in [3.63, 3.8) is 0 Å². The highest BCUT2D eigenvalue weighted by Gasteiger charge is 2.32. The largest absolute Gasteiger partial charge is 0.326 e. The van der Waals surface area contributed by atoms with Crippen LogP contribution in [0.5, 0.6) is 0 Å². The number of aryl methyl sites for hydroxylation is 1. The number of aromatic nitrogens is 2. The van der Waals surface area contributed by atoms with E-state index in [1.807, 2.05) is 29.7 Å². The summed E-state index contributed by atoms with van der Waals surface area (Å²) in [6, 6.07) is 5.95. The molecule has 0 amide bonds. The molecule has 2 aromatic rings. The highest BCUT2D eigenvalue weighted by molar-refractivity contribution is 7.92. The summed E-state index contributed by atoms with van der Waals surface area (Å²) in [5.74, 6) is 1.35. The summed E-state index contributed by atoms with van der Waals surface area (Å²) in [5, 5.41) is -0.303. The van der Waals surface area contributed by atoms with E-state index < -0.39 is 9.84 Å². The normalized spacial score (nSPS) is 21.6. The van der Waals surface area contributed by atoms with Crippen LogP contribution in [-0.4, -0.2) is 29.0 Å². The Morgan fingerprint density at radius 1 is 1.45 bits per heavy atom. The summed E-state index contributed by atoms with van der Waals surface area (Å²) in [6.07, 6.45) is 1.49. The molecule has 1 aromatic carbocycles. The van der Waals surface area contributed by atoms with Crippen molar-refractivity contribution in [2.24, 2.45) is 0 Å². The second kappa shape index (κ2) is 5.04. The summed E-state index contributed by atoms with van der Waals surface area (Å²) in [4.78, 5) is 4.56. The number of imidazole rings is 1. The molecule has 0 aliphatic carbocycles. The van der Waals surface area contributed by atoms with E-state index in [0.717, 1.165) is 35.3 Å². The maximum Gasteiger partial charge on any atom is 0.154 e. The molecule has 1 aliphatic heterocycles. The molecule has 1 saturated heterocycles. The summed E-state index contributed by atoms with van der Waals surface area (Å²) in [6.45, 7) is 2.47. The lowest BCUT2D eigenvalue weighted by molar-refractivity contribution is 0.565. The third-order valence-electron chi connectivity index (χ3n) is 4.03. The first kappa shape index (κ1) is 13.9. The van der Waals surface area contributed by atoms with Gasteiger partial charge in [-0.3, -0.25) is 0 Å². The van der Waals surface area contributed by atoms with Gasteiger partial charge < -0.3 is 4.57 Å². The molecule has 1 unspecified atom stereocenters. The molecule has 1 aliphatic rings. The topological polar surface area (TPSA) is 52.0 Å². The molecule has 0 saturated carbocycles. The number of alkyl halides is 1. The smallest absolute Gasteiger partial charge is 0.154 e. The average molecular weight is 313 g/mol. The van der Waals surface area contributed by atoms with Crippen LogP contribution in [0.15, 0.2) is 18.2 Å². The summed E-state index contributed by atoms with van der Waals surface area (Å²) < 4.78 is 26.0.